The Morgan fingerprint density at radius 3 is 3.00 bits per heavy atom. The van der Waals surface area contributed by atoms with Crippen LogP contribution in [0.15, 0.2) is 34.2 Å². The number of aromatic nitrogens is 2. The highest BCUT2D eigenvalue weighted by atomic mass is 127. The van der Waals surface area contributed by atoms with Crippen molar-refractivity contribution in [1.29, 1.82) is 0 Å². The maximum absolute atomic E-state index is 4.90. The minimum absolute atomic E-state index is 0. The van der Waals surface area contributed by atoms with Crippen molar-refractivity contribution in [3.63, 3.8) is 0 Å². The first-order valence-corrected chi connectivity index (χ1v) is 9.65. The Hall–Kier alpha value is -1.09. The van der Waals surface area contributed by atoms with Gasteiger partial charge in [-0.15, -0.1) is 24.0 Å². The average Bonchev–Trinajstić information content (AvgIpc) is 3.30. The maximum Gasteiger partial charge on any atom is 0.193 e. The molecule has 2 aromatic heterocycles. The van der Waals surface area contributed by atoms with Gasteiger partial charge in [-0.2, -0.15) is 16.4 Å². The zero-order valence-electron chi connectivity index (χ0n) is 15.2. The van der Waals surface area contributed by atoms with Gasteiger partial charge in [0.2, 0.25) is 0 Å². The molecule has 0 amide bonds. The lowest BCUT2D eigenvalue weighted by Crippen LogP contribution is -2.40. The van der Waals surface area contributed by atoms with E-state index in [9.17, 15) is 0 Å². The smallest absolute Gasteiger partial charge is 0.193 e. The van der Waals surface area contributed by atoms with Crippen LogP contribution in [0.3, 0.4) is 0 Å². The number of guanidine groups is 1. The zero-order chi connectivity index (χ0) is 16.9. The molecular formula is C18H28IN5S. The number of nitrogens with zero attached hydrogens (tertiary/aromatic N) is 4. The summed E-state index contributed by atoms with van der Waals surface area (Å²) in [5, 5.41) is 12.1. The SMILES string of the molecule is CCNC(=NCC(C)c1ccsc1)N1CCC(c2cnn(C)c2)C1.I. The van der Waals surface area contributed by atoms with E-state index < -0.39 is 0 Å². The monoisotopic (exact) mass is 473 g/mol. The molecule has 1 fully saturated rings. The van der Waals surface area contributed by atoms with Gasteiger partial charge in [0.05, 0.1) is 6.20 Å². The van der Waals surface area contributed by atoms with Crippen molar-refractivity contribution in [2.24, 2.45) is 12.0 Å². The summed E-state index contributed by atoms with van der Waals surface area (Å²) in [7, 11) is 1.98. The molecule has 1 saturated heterocycles. The summed E-state index contributed by atoms with van der Waals surface area (Å²) in [6, 6.07) is 2.20. The molecule has 0 bridgehead atoms. The predicted molar refractivity (Wildman–Crippen MR) is 116 cm³/mol. The molecule has 3 rings (SSSR count). The first kappa shape index (κ1) is 20.2. The molecule has 2 aromatic rings. The molecule has 2 atom stereocenters. The van der Waals surface area contributed by atoms with Gasteiger partial charge in [-0.05, 0) is 41.3 Å². The Labute approximate surface area is 171 Å². The van der Waals surface area contributed by atoms with Gasteiger partial charge in [-0.3, -0.25) is 9.67 Å². The van der Waals surface area contributed by atoms with Crippen molar-refractivity contribution in [3.05, 3.63) is 40.3 Å². The highest BCUT2D eigenvalue weighted by Gasteiger charge is 2.27. The molecule has 1 N–H and O–H groups in total. The summed E-state index contributed by atoms with van der Waals surface area (Å²) in [5.74, 6) is 2.06. The molecule has 5 nitrogen and oxygen atoms in total. The highest BCUT2D eigenvalue weighted by Crippen LogP contribution is 2.27. The first-order chi connectivity index (χ1) is 11.7. The molecular weight excluding hydrogens is 445 g/mol. The molecule has 138 valence electrons. The van der Waals surface area contributed by atoms with Gasteiger partial charge in [0.15, 0.2) is 5.96 Å². The van der Waals surface area contributed by atoms with Crippen molar-refractivity contribution >= 4 is 41.3 Å². The maximum atomic E-state index is 4.90. The average molecular weight is 473 g/mol. The van der Waals surface area contributed by atoms with Crippen molar-refractivity contribution in [1.82, 2.24) is 20.0 Å². The summed E-state index contributed by atoms with van der Waals surface area (Å²) in [4.78, 5) is 7.29. The van der Waals surface area contributed by atoms with E-state index in [1.807, 2.05) is 17.9 Å². The van der Waals surface area contributed by atoms with E-state index in [2.05, 4.69) is 52.2 Å². The van der Waals surface area contributed by atoms with Crippen molar-refractivity contribution < 1.29 is 0 Å². The van der Waals surface area contributed by atoms with Gasteiger partial charge in [-0.1, -0.05) is 6.92 Å². The lowest BCUT2D eigenvalue weighted by atomic mass is 10.0. The second-order valence-electron chi connectivity index (χ2n) is 6.53. The van der Waals surface area contributed by atoms with Crippen LogP contribution in [0.25, 0.3) is 0 Å². The molecule has 0 radical (unpaired) electrons. The molecule has 0 spiro atoms. The molecule has 1 aliphatic heterocycles. The van der Waals surface area contributed by atoms with Crippen LogP contribution in [0.5, 0.6) is 0 Å². The Bertz CT molecular complexity index is 667. The molecule has 2 unspecified atom stereocenters. The van der Waals surface area contributed by atoms with E-state index in [0.29, 0.717) is 11.8 Å². The fourth-order valence-corrected chi connectivity index (χ4v) is 3.97. The number of thiophene rings is 1. The summed E-state index contributed by atoms with van der Waals surface area (Å²) in [6.07, 6.45) is 5.30. The molecule has 0 aliphatic carbocycles. The van der Waals surface area contributed by atoms with Crippen LogP contribution in [0.1, 0.15) is 43.2 Å². The molecule has 3 heterocycles. The summed E-state index contributed by atoms with van der Waals surface area (Å²) >= 11 is 1.76. The standard InChI is InChI=1S/C18H27N5S.HI/c1-4-19-18(20-9-14(2)16-6-8-24-13-16)23-7-5-15(12-23)17-10-21-22(3)11-17;/h6,8,10-11,13-15H,4-5,7,9,12H2,1-3H3,(H,19,20);1H. The topological polar surface area (TPSA) is 45.5 Å². The third-order valence-corrected chi connectivity index (χ3v) is 5.35. The largest absolute Gasteiger partial charge is 0.357 e. The summed E-state index contributed by atoms with van der Waals surface area (Å²) in [6.45, 7) is 8.18. The van der Waals surface area contributed by atoms with Gasteiger partial charge in [0.25, 0.3) is 0 Å². The van der Waals surface area contributed by atoms with Gasteiger partial charge >= 0.3 is 0 Å². The van der Waals surface area contributed by atoms with Crippen LogP contribution in [0, 0.1) is 0 Å². The van der Waals surface area contributed by atoms with Crippen LogP contribution in [0.2, 0.25) is 0 Å². The quantitative estimate of drug-likeness (QED) is 0.410. The van der Waals surface area contributed by atoms with Crippen molar-refractivity contribution in [2.45, 2.75) is 32.1 Å². The Kier molecular flexibility index (Phi) is 7.74. The van der Waals surface area contributed by atoms with E-state index in [4.69, 9.17) is 4.99 Å². The lowest BCUT2D eigenvalue weighted by Gasteiger charge is -2.22. The molecule has 7 heteroatoms. The zero-order valence-corrected chi connectivity index (χ0v) is 18.3. The number of aliphatic imine (C=N–C) groups is 1. The third-order valence-electron chi connectivity index (χ3n) is 4.65. The van der Waals surface area contributed by atoms with E-state index in [0.717, 1.165) is 38.6 Å². The van der Waals surface area contributed by atoms with Crippen LogP contribution >= 0.6 is 35.3 Å². The van der Waals surface area contributed by atoms with Crippen LogP contribution in [-0.2, 0) is 7.05 Å². The number of hydrogen-bond acceptors (Lipinski definition) is 3. The fourth-order valence-electron chi connectivity index (χ4n) is 3.19. The van der Waals surface area contributed by atoms with Gasteiger partial charge in [-0.25, -0.2) is 0 Å². The highest BCUT2D eigenvalue weighted by molar-refractivity contribution is 14.0. The number of hydrogen-bond donors (Lipinski definition) is 1. The van der Waals surface area contributed by atoms with Gasteiger partial charge in [0, 0.05) is 51.3 Å². The van der Waals surface area contributed by atoms with Crippen LogP contribution in [-0.4, -0.2) is 46.8 Å². The Balaban J connectivity index is 0.00000225. The number of rotatable bonds is 5. The lowest BCUT2D eigenvalue weighted by molar-refractivity contribution is 0.485. The molecule has 25 heavy (non-hydrogen) atoms. The van der Waals surface area contributed by atoms with Gasteiger partial charge in [0.1, 0.15) is 0 Å². The minimum atomic E-state index is 0. The predicted octanol–water partition coefficient (Wildman–Crippen LogP) is 3.66. The number of aryl methyl sites for hydroxylation is 1. The van der Waals surface area contributed by atoms with Crippen molar-refractivity contribution in [2.75, 3.05) is 26.2 Å². The second-order valence-corrected chi connectivity index (χ2v) is 7.31. The molecule has 0 saturated carbocycles. The Morgan fingerprint density at radius 2 is 2.36 bits per heavy atom. The summed E-state index contributed by atoms with van der Waals surface area (Å²) in [5.41, 5.74) is 2.72. The third kappa shape index (κ3) is 5.20. The van der Waals surface area contributed by atoms with E-state index in [1.54, 1.807) is 11.3 Å². The fraction of sp³-hybridized carbons (Fsp3) is 0.556. The number of halogens is 1. The number of likely N-dealkylation sites (tertiary alicyclic amines) is 1. The molecule has 1 aliphatic rings. The van der Waals surface area contributed by atoms with E-state index in [-0.39, 0.29) is 24.0 Å². The Morgan fingerprint density at radius 1 is 1.52 bits per heavy atom. The molecule has 0 aromatic carbocycles. The number of nitrogens with one attached hydrogen (secondary N) is 1. The normalized spacial score (nSPS) is 18.9. The van der Waals surface area contributed by atoms with Gasteiger partial charge < -0.3 is 10.2 Å². The van der Waals surface area contributed by atoms with Crippen LogP contribution in [0.4, 0.5) is 0 Å². The van der Waals surface area contributed by atoms with Crippen molar-refractivity contribution in [3.8, 4) is 0 Å². The van der Waals surface area contributed by atoms with E-state index >= 15 is 0 Å². The van der Waals surface area contributed by atoms with E-state index in [1.165, 1.54) is 11.1 Å². The van der Waals surface area contributed by atoms with Crippen LogP contribution < -0.4 is 5.32 Å². The minimum Gasteiger partial charge on any atom is -0.357 e. The second kappa shape index (κ2) is 9.56. The summed E-state index contributed by atoms with van der Waals surface area (Å²) < 4.78 is 1.89. The first-order valence-electron chi connectivity index (χ1n) is 8.71.